The van der Waals surface area contributed by atoms with E-state index < -0.39 is 38.1 Å². The number of benzene rings is 2. The Balaban J connectivity index is 1.81. The second-order valence-corrected chi connectivity index (χ2v) is 9.77. The fourth-order valence-corrected chi connectivity index (χ4v) is 4.83. The van der Waals surface area contributed by atoms with Gasteiger partial charge in [0.15, 0.2) is 0 Å². The van der Waals surface area contributed by atoms with Gasteiger partial charge in [-0.3, -0.25) is 14.1 Å². The highest BCUT2D eigenvalue weighted by Gasteiger charge is 2.34. The van der Waals surface area contributed by atoms with Crippen LogP contribution in [0.5, 0.6) is 0 Å². The molecule has 0 spiro atoms. The van der Waals surface area contributed by atoms with Crippen LogP contribution in [0.1, 0.15) is 27.2 Å². The van der Waals surface area contributed by atoms with Crippen LogP contribution in [0, 0.1) is 6.92 Å². The number of rotatable bonds is 5. The molecule has 13 heteroatoms. The molecule has 182 valence electrons. The lowest BCUT2D eigenvalue weighted by atomic mass is 10.0. The summed E-state index contributed by atoms with van der Waals surface area (Å²) in [5.74, 6) is -0.737. The predicted octanol–water partition coefficient (Wildman–Crippen LogP) is 4.27. The van der Waals surface area contributed by atoms with Crippen molar-refractivity contribution < 1.29 is 26.4 Å². The Hall–Kier alpha value is -3.64. The van der Waals surface area contributed by atoms with Gasteiger partial charge in [-0.05, 0) is 42.8 Å². The average molecular weight is 525 g/mol. The van der Waals surface area contributed by atoms with Crippen LogP contribution in [-0.2, 0) is 23.2 Å². The number of aryl methyl sites for hydroxylation is 2. The highest BCUT2D eigenvalue weighted by atomic mass is 35.5. The number of hydrogen-bond acceptors (Lipinski definition) is 5. The van der Waals surface area contributed by atoms with Crippen LogP contribution in [0.25, 0.3) is 11.0 Å². The first-order valence-electron chi connectivity index (χ1n) is 9.88. The molecule has 0 radical (unpaired) electrons. The molecule has 0 unspecified atom stereocenters. The minimum absolute atomic E-state index is 0.0219. The van der Waals surface area contributed by atoms with Crippen molar-refractivity contribution in [1.29, 1.82) is 0 Å². The number of halogens is 4. The van der Waals surface area contributed by atoms with Gasteiger partial charge in [-0.2, -0.15) is 13.2 Å². The fraction of sp³-hybridized carbons (Fsp3) is 0.136. The molecule has 4 rings (SSSR count). The number of carbonyl (C=O) groups excluding carboxylic acids is 1. The third kappa shape index (κ3) is 4.54. The smallest absolute Gasteiger partial charge is 0.306 e. The maximum atomic E-state index is 13.4. The van der Waals surface area contributed by atoms with Crippen molar-refractivity contribution in [2.75, 3.05) is 4.72 Å². The summed E-state index contributed by atoms with van der Waals surface area (Å²) in [6.07, 6.45) is -3.64. The maximum Gasteiger partial charge on any atom is 0.416 e. The molecule has 2 N–H and O–H groups in total. The molecule has 0 aliphatic carbocycles. The monoisotopic (exact) mass is 524 g/mol. The summed E-state index contributed by atoms with van der Waals surface area (Å²) in [5.41, 5.74) is -1.74. The number of nitrogens with zero attached hydrogens (tertiary/aromatic N) is 2. The Labute approximate surface area is 201 Å². The SMILES string of the molecule is Cc1ccc(S(=O)(=O)Nc2cc(Cl)cnc2C(=O)c2cccc3[nH]c(=O)n(C)c23)cc1C(F)(F)F. The lowest BCUT2D eigenvalue weighted by Crippen LogP contribution is -2.19. The zero-order valence-corrected chi connectivity index (χ0v) is 19.6. The van der Waals surface area contributed by atoms with Crippen molar-refractivity contribution >= 4 is 44.1 Å². The standard InChI is InChI=1S/C22H16ClF3N4O4S/c1-11-6-7-13(9-15(11)22(24,25)26)35(33,34)29-17-8-12(23)10-27-18(17)20(31)14-4-3-5-16-19(14)30(2)21(32)28-16/h3-10,29H,1-2H3,(H,28,32). The summed E-state index contributed by atoms with van der Waals surface area (Å²) in [5, 5.41) is -0.0219. The number of aromatic nitrogens is 3. The van der Waals surface area contributed by atoms with Crippen LogP contribution in [0.4, 0.5) is 18.9 Å². The molecule has 0 atom stereocenters. The van der Waals surface area contributed by atoms with E-state index in [1.807, 2.05) is 0 Å². The molecule has 2 aromatic carbocycles. The number of H-pyrrole nitrogens is 1. The van der Waals surface area contributed by atoms with E-state index in [0.717, 1.165) is 24.4 Å². The van der Waals surface area contributed by atoms with E-state index in [2.05, 4.69) is 14.7 Å². The van der Waals surface area contributed by atoms with Crippen molar-refractivity contribution in [3.05, 3.63) is 86.6 Å². The highest BCUT2D eigenvalue weighted by Crippen LogP contribution is 2.34. The molecule has 2 heterocycles. The summed E-state index contributed by atoms with van der Waals surface area (Å²) >= 11 is 5.96. The number of alkyl halides is 3. The molecule has 0 aliphatic heterocycles. The topological polar surface area (TPSA) is 114 Å². The number of ketones is 1. The van der Waals surface area contributed by atoms with Crippen LogP contribution in [0.3, 0.4) is 0 Å². The molecular formula is C22H16ClF3N4O4S. The number of carbonyl (C=O) groups is 1. The Bertz CT molecular complexity index is 1660. The number of anilines is 1. The first-order valence-corrected chi connectivity index (χ1v) is 11.7. The minimum Gasteiger partial charge on any atom is -0.306 e. The molecular weight excluding hydrogens is 509 g/mol. The number of imidazole rings is 1. The molecule has 4 aromatic rings. The van der Waals surface area contributed by atoms with Crippen molar-refractivity contribution in [3.63, 3.8) is 0 Å². The summed E-state index contributed by atoms with van der Waals surface area (Å²) < 4.78 is 69.2. The van der Waals surface area contributed by atoms with Crippen LogP contribution in [0.15, 0.2) is 58.4 Å². The lowest BCUT2D eigenvalue weighted by molar-refractivity contribution is -0.138. The van der Waals surface area contributed by atoms with Crippen molar-refractivity contribution in [2.45, 2.75) is 18.0 Å². The van der Waals surface area contributed by atoms with Crippen LogP contribution < -0.4 is 10.4 Å². The quantitative estimate of drug-likeness (QED) is 0.378. The van der Waals surface area contributed by atoms with Crippen LogP contribution in [0.2, 0.25) is 5.02 Å². The van der Waals surface area contributed by atoms with Gasteiger partial charge in [0.05, 0.1) is 37.8 Å². The Kier molecular flexibility index (Phi) is 5.97. The van der Waals surface area contributed by atoms with Gasteiger partial charge in [-0.1, -0.05) is 23.7 Å². The van der Waals surface area contributed by atoms with Gasteiger partial charge in [-0.15, -0.1) is 0 Å². The van der Waals surface area contributed by atoms with Crippen LogP contribution in [-0.4, -0.2) is 28.7 Å². The van der Waals surface area contributed by atoms with Gasteiger partial charge in [-0.25, -0.2) is 18.2 Å². The van der Waals surface area contributed by atoms with E-state index in [1.165, 1.54) is 30.7 Å². The van der Waals surface area contributed by atoms with E-state index >= 15 is 0 Å². The van der Waals surface area contributed by atoms with Gasteiger partial charge in [0.1, 0.15) is 5.69 Å². The number of sulfonamides is 1. The molecule has 0 aliphatic rings. The third-order valence-electron chi connectivity index (χ3n) is 5.30. The largest absolute Gasteiger partial charge is 0.416 e. The predicted molar refractivity (Wildman–Crippen MR) is 123 cm³/mol. The van der Waals surface area contributed by atoms with E-state index in [4.69, 9.17) is 11.6 Å². The maximum absolute atomic E-state index is 13.4. The molecule has 0 saturated heterocycles. The Morgan fingerprint density at radius 3 is 2.57 bits per heavy atom. The number of hydrogen-bond donors (Lipinski definition) is 2. The zero-order chi connectivity index (χ0) is 25.7. The Morgan fingerprint density at radius 1 is 1.17 bits per heavy atom. The molecule has 35 heavy (non-hydrogen) atoms. The first-order chi connectivity index (χ1) is 16.3. The van der Waals surface area contributed by atoms with Gasteiger partial charge in [0.2, 0.25) is 5.78 Å². The number of aromatic amines is 1. The zero-order valence-electron chi connectivity index (χ0n) is 18.1. The van der Waals surface area contributed by atoms with Crippen molar-refractivity contribution in [3.8, 4) is 0 Å². The third-order valence-corrected chi connectivity index (χ3v) is 6.87. The van der Waals surface area contributed by atoms with E-state index in [9.17, 15) is 31.2 Å². The number of para-hydroxylation sites is 1. The number of pyridine rings is 1. The number of nitrogens with one attached hydrogen (secondary N) is 2. The van der Waals surface area contributed by atoms with E-state index in [0.29, 0.717) is 11.6 Å². The molecule has 0 amide bonds. The number of fused-ring (bicyclic) bond motifs is 1. The van der Waals surface area contributed by atoms with E-state index in [1.54, 1.807) is 6.07 Å². The lowest BCUT2D eigenvalue weighted by Gasteiger charge is -2.15. The normalized spacial score (nSPS) is 12.2. The summed E-state index contributed by atoms with van der Waals surface area (Å²) in [7, 11) is -3.13. The van der Waals surface area contributed by atoms with Crippen molar-refractivity contribution in [1.82, 2.24) is 14.5 Å². The molecule has 0 fully saturated rings. The molecule has 8 nitrogen and oxygen atoms in total. The second kappa shape index (κ2) is 8.54. The fourth-order valence-electron chi connectivity index (χ4n) is 3.59. The Morgan fingerprint density at radius 2 is 1.89 bits per heavy atom. The summed E-state index contributed by atoms with van der Waals surface area (Å²) in [6.45, 7) is 1.21. The minimum atomic E-state index is -4.76. The molecule has 2 aromatic heterocycles. The second-order valence-electron chi connectivity index (χ2n) is 7.65. The average Bonchev–Trinajstić information content (AvgIpc) is 3.06. The van der Waals surface area contributed by atoms with E-state index in [-0.39, 0.29) is 33.0 Å². The first kappa shape index (κ1) is 24.5. The van der Waals surface area contributed by atoms with Crippen LogP contribution >= 0.6 is 11.6 Å². The van der Waals surface area contributed by atoms with Gasteiger partial charge < -0.3 is 4.98 Å². The van der Waals surface area contributed by atoms with Crippen molar-refractivity contribution in [2.24, 2.45) is 7.05 Å². The van der Waals surface area contributed by atoms with Gasteiger partial charge >= 0.3 is 11.9 Å². The van der Waals surface area contributed by atoms with Gasteiger partial charge in [0.25, 0.3) is 10.0 Å². The summed E-state index contributed by atoms with van der Waals surface area (Å²) in [4.78, 5) is 31.3. The summed E-state index contributed by atoms with van der Waals surface area (Å²) in [6, 6.07) is 8.22. The van der Waals surface area contributed by atoms with Gasteiger partial charge in [0, 0.05) is 13.2 Å². The molecule has 0 saturated carbocycles. The molecule has 0 bridgehead atoms. The highest BCUT2D eigenvalue weighted by molar-refractivity contribution is 7.92.